The standard InChI is InChI=1S/C17H34N/c1-4-7-9-10-11-12-13-14-16-18-17(6-3)15-8-5-2/h8,15,17H,4-7,9-14,16H2,1-3H3. The Labute approximate surface area is 115 Å². The van der Waals surface area contributed by atoms with E-state index in [4.69, 9.17) is 5.32 Å². The highest BCUT2D eigenvalue weighted by Crippen LogP contribution is 2.08. The van der Waals surface area contributed by atoms with E-state index < -0.39 is 0 Å². The maximum absolute atomic E-state index is 4.74. The van der Waals surface area contributed by atoms with E-state index in [1.807, 2.05) is 0 Å². The summed E-state index contributed by atoms with van der Waals surface area (Å²) in [5.74, 6) is 0. The van der Waals surface area contributed by atoms with Gasteiger partial charge in [0, 0.05) is 12.6 Å². The summed E-state index contributed by atoms with van der Waals surface area (Å²) in [5, 5.41) is 4.74. The number of allylic oxidation sites excluding steroid dienone is 1. The Bertz CT molecular complexity index is 174. The van der Waals surface area contributed by atoms with Crippen LogP contribution in [0.3, 0.4) is 0 Å². The van der Waals surface area contributed by atoms with Crippen LogP contribution in [-0.2, 0) is 0 Å². The maximum Gasteiger partial charge on any atom is 0.0423 e. The lowest BCUT2D eigenvalue weighted by Gasteiger charge is -2.10. The zero-order chi connectivity index (χ0) is 13.5. The van der Waals surface area contributed by atoms with Gasteiger partial charge in [0.05, 0.1) is 0 Å². The van der Waals surface area contributed by atoms with E-state index >= 15 is 0 Å². The predicted molar refractivity (Wildman–Crippen MR) is 83.1 cm³/mol. The number of nitrogens with zero attached hydrogens (tertiary/aromatic N) is 1. The lowest BCUT2D eigenvalue weighted by atomic mass is 10.1. The summed E-state index contributed by atoms with van der Waals surface area (Å²) in [7, 11) is 0. The van der Waals surface area contributed by atoms with E-state index in [1.54, 1.807) is 0 Å². The summed E-state index contributed by atoms with van der Waals surface area (Å²) < 4.78 is 0. The monoisotopic (exact) mass is 252 g/mol. The average Bonchev–Trinajstić information content (AvgIpc) is 2.40. The molecule has 0 fully saturated rings. The second-order valence-corrected chi connectivity index (χ2v) is 5.19. The molecule has 0 saturated heterocycles. The lowest BCUT2D eigenvalue weighted by molar-refractivity contribution is 0.517. The molecule has 0 rings (SSSR count). The van der Waals surface area contributed by atoms with Gasteiger partial charge in [0.25, 0.3) is 0 Å². The van der Waals surface area contributed by atoms with Gasteiger partial charge in [-0.3, -0.25) is 0 Å². The number of hydrogen-bond donors (Lipinski definition) is 0. The molecule has 0 aliphatic rings. The quantitative estimate of drug-likeness (QED) is 0.304. The fourth-order valence-electron chi connectivity index (χ4n) is 2.12. The molecule has 0 aromatic carbocycles. The molecular weight excluding hydrogens is 218 g/mol. The summed E-state index contributed by atoms with van der Waals surface area (Å²) >= 11 is 0. The van der Waals surface area contributed by atoms with Crippen LogP contribution < -0.4 is 5.32 Å². The highest BCUT2D eigenvalue weighted by molar-refractivity contribution is 4.91. The second kappa shape index (κ2) is 14.8. The number of hydrogen-bond acceptors (Lipinski definition) is 0. The zero-order valence-corrected chi connectivity index (χ0v) is 13.0. The predicted octanol–water partition coefficient (Wildman–Crippen LogP) is 5.48. The molecule has 0 spiro atoms. The van der Waals surface area contributed by atoms with Crippen LogP contribution in [0.15, 0.2) is 12.2 Å². The van der Waals surface area contributed by atoms with E-state index in [2.05, 4.69) is 32.9 Å². The molecule has 0 aliphatic heterocycles. The van der Waals surface area contributed by atoms with Crippen molar-refractivity contribution >= 4 is 0 Å². The summed E-state index contributed by atoms with van der Waals surface area (Å²) in [6.07, 6.45) is 17.9. The first-order valence-electron chi connectivity index (χ1n) is 8.18. The van der Waals surface area contributed by atoms with Crippen molar-refractivity contribution < 1.29 is 0 Å². The van der Waals surface area contributed by atoms with Crippen molar-refractivity contribution in [2.24, 2.45) is 0 Å². The van der Waals surface area contributed by atoms with E-state index in [1.165, 1.54) is 51.4 Å². The molecule has 0 bridgehead atoms. The van der Waals surface area contributed by atoms with Crippen molar-refractivity contribution in [2.75, 3.05) is 6.54 Å². The van der Waals surface area contributed by atoms with E-state index in [-0.39, 0.29) is 0 Å². The van der Waals surface area contributed by atoms with Crippen LogP contribution in [0.25, 0.3) is 0 Å². The van der Waals surface area contributed by atoms with Crippen LogP contribution in [0, 0.1) is 0 Å². The third kappa shape index (κ3) is 12.2. The van der Waals surface area contributed by atoms with E-state index in [0.717, 1.165) is 19.4 Å². The molecule has 0 saturated carbocycles. The Morgan fingerprint density at radius 1 is 0.833 bits per heavy atom. The average molecular weight is 252 g/mol. The van der Waals surface area contributed by atoms with Gasteiger partial charge < -0.3 is 0 Å². The van der Waals surface area contributed by atoms with Crippen LogP contribution in [0.2, 0.25) is 0 Å². The van der Waals surface area contributed by atoms with Gasteiger partial charge in [0.2, 0.25) is 0 Å². The Morgan fingerprint density at radius 3 is 2.00 bits per heavy atom. The fraction of sp³-hybridized carbons (Fsp3) is 0.882. The Kier molecular flexibility index (Phi) is 14.5. The molecule has 18 heavy (non-hydrogen) atoms. The van der Waals surface area contributed by atoms with Gasteiger partial charge in [0.1, 0.15) is 0 Å². The highest BCUT2D eigenvalue weighted by Gasteiger charge is 2.00. The Hall–Kier alpha value is -0.300. The SMILES string of the molecule is CCC=CC(CC)[N]CCCCCCCCCC. The minimum absolute atomic E-state index is 0.467. The first kappa shape index (κ1) is 17.7. The maximum atomic E-state index is 4.74. The summed E-state index contributed by atoms with van der Waals surface area (Å²) in [6, 6.07) is 0.467. The molecular formula is C17H34N. The van der Waals surface area contributed by atoms with Crippen LogP contribution in [0.5, 0.6) is 0 Å². The third-order valence-corrected chi connectivity index (χ3v) is 3.39. The second-order valence-electron chi connectivity index (χ2n) is 5.19. The van der Waals surface area contributed by atoms with Gasteiger partial charge in [-0.05, 0) is 19.3 Å². The zero-order valence-electron chi connectivity index (χ0n) is 13.0. The first-order chi connectivity index (χ1) is 8.85. The molecule has 0 aromatic rings. The van der Waals surface area contributed by atoms with Gasteiger partial charge in [-0.1, -0.05) is 77.9 Å². The summed E-state index contributed by atoms with van der Waals surface area (Å²) in [6.45, 7) is 7.74. The number of unbranched alkanes of at least 4 members (excludes halogenated alkanes) is 7. The molecule has 1 nitrogen and oxygen atoms in total. The molecule has 1 atom stereocenters. The third-order valence-electron chi connectivity index (χ3n) is 3.39. The minimum atomic E-state index is 0.467. The van der Waals surface area contributed by atoms with Crippen LogP contribution in [0.4, 0.5) is 0 Å². The molecule has 0 N–H and O–H groups in total. The molecule has 0 aromatic heterocycles. The molecule has 1 heteroatoms. The molecule has 1 radical (unpaired) electrons. The molecule has 107 valence electrons. The molecule has 1 unspecified atom stereocenters. The van der Waals surface area contributed by atoms with Crippen LogP contribution in [-0.4, -0.2) is 12.6 Å². The summed E-state index contributed by atoms with van der Waals surface area (Å²) in [5.41, 5.74) is 0. The van der Waals surface area contributed by atoms with Crippen molar-refractivity contribution in [2.45, 2.75) is 91.0 Å². The van der Waals surface area contributed by atoms with Gasteiger partial charge in [-0.2, -0.15) is 0 Å². The summed E-state index contributed by atoms with van der Waals surface area (Å²) in [4.78, 5) is 0. The van der Waals surface area contributed by atoms with Crippen molar-refractivity contribution in [3.05, 3.63) is 12.2 Å². The van der Waals surface area contributed by atoms with E-state index in [0.29, 0.717) is 6.04 Å². The highest BCUT2D eigenvalue weighted by atomic mass is 14.9. The van der Waals surface area contributed by atoms with Crippen molar-refractivity contribution in [3.8, 4) is 0 Å². The van der Waals surface area contributed by atoms with Gasteiger partial charge in [-0.15, -0.1) is 0 Å². The van der Waals surface area contributed by atoms with Crippen molar-refractivity contribution in [1.29, 1.82) is 0 Å². The van der Waals surface area contributed by atoms with Gasteiger partial charge in [-0.25, -0.2) is 5.32 Å². The van der Waals surface area contributed by atoms with Crippen LogP contribution in [0.1, 0.15) is 85.0 Å². The van der Waals surface area contributed by atoms with Crippen molar-refractivity contribution in [3.63, 3.8) is 0 Å². The lowest BCUT2D eigenvalue weighted by Crippen LogP contribution is -2.19. The van der Waals surface area contributed by atoms with Crippen LogP contribution >= 0.6 is 0 Å². The van der Waals surface area contributed by atoms with Gasteiger partial charge >= 0.3 is 0 Å². The van der Waals surface area contributed by atoms with Gasteiger partial charge in [0.15, 0.2) is 0 Å². The smallest absolute Gasteiger partial charge is 0.0423 e. The van der Waals surface area contributed by atoms with Crippen molar-refractivity contribution in [1.82, 2.24) is 5.32 Å². The fourth-order valence-corrected chi connectivity index (χ4v) is 2.12. The molecule has 0 amide bonds. The molecule has 0 heterocycles. The topological polar surface area (TPSA) is 14.1 Å². The Balaban J connectivity index is 3.25. The molecule has 0 aliphatic carbocycles. The minimum Gasteiger partial charge on any atom is -0.234 e. The normalized spacial score (nSPS) is 13.3. The Morgan fingerprint density at radius 2 is 1.44 bits per heavy atom. The largest absolute Gasteiger partial charge is 0.234 e. The number of rotatable bonds is 13. The van der Waals surface area contributed by atoms with E-state index in [9.17, 15) is 0 Å². The first-order valence-corrected chi connectivity index (χ1v) is 8.18.